The average Bonchev–Trinajstić information content (AvgIpc) is 2.50. The maximum Gasteiger partial charge on any atom is 0.253 e. The highest BCUT2D eigenvalue weighted by Crippen LogP contribution is 2.15. The number of aromatic nitrogens is 1. The fourth-order valence-corrected chi connectivity index (χ4v) is 2.67. The quantitative estimate of drug-likeness (QED) is 0.766. The summed E-state index contributed by atoms with van der Waals surface area (Å²) >= 11 is 1.73. The summed E-state index contributed by atoms with van der Waals surface area (Å²) < 4.78 is 0. The van der Waals surface area contributed by atoms with Crippen LogP contribution in [0.25, 0.3) is 10.9 Å². The van der Waals surface area contributed by atoms with Gasteiger partial charge in [-0.15, -0.1) is 0 Å². The number of rotatable bonds is 7. The normalized spacial score (nSPS) is 10.7. The lowest BCUT2D eigenvalue weighted by molar-refractivity contribution is 0.0957. The van der Waals surface area contributed by atoms with E-state index in [-0.39, 0.29) is 12.5 Å². The van der Waals surface area contributed by atoms with Crippen molar-refractivity contribution in [1.82, 2.24) is 10.3 Å². The van der Waals surface area contributed by atoms with Crippen LogP contribution in [0, 0.1) is 0 Å². The standard InChI is InChI=1S/C15H18N2O2S/c18-9-3-10-20-11-8-17-15(19)13-6-1-4-12-5-2-7-16-14(12)13/h1-2,4-7,18H,3,8-11H2,(H,17,19). The van der Waals surface area contributed by atoms with Crippen molar-refractivity contribution in [2.75, 3.05) is 24.7 Å². The van der Waals surface area contributed by atoms with Crippen LogP contribution in [-0.2, 0) is 0 Å². The van der Waals surface area contributed by atoms with Crippen molar-refractivity contribution in [3.05, 3.63) is 42.1 Å². The Morgan fingerprint density at radius 1 is 1.25 bits per heavy atom. The first-order valence-electron chi connectivity index (χ1n) is 6.63. The van der Waals surface area contributed by atoms with Gasteiger partial charge in [0.2, 0.25) is 0 Å². The summed E-state index contributed by atoms with van der Waals surface area (Å²) in [4.78, 5) is 16.4. The predicted molar refractivity (Wildman–Crippen MR) is 83.1 cm³/mol. The number of benzene rings is 1. The van der Waals surface area contributed by atoms with Crippen molar-refractivity contribution in [3.63, 3.8) is 0 Å². The number of nitrogens with one attached hydrogen (secondary N) is 1. The van der Waals surface area contributed by atoms with Crippen LogP contribution in [0.1, 0.15) is 16.8 Å². The van der Waals surface area contributed by atoms with Crippen molar-refractivity contribution in [3.8, 4) is 0 Å². The van der Waals surface area contributed by atoms with E-state index in [1.165, 1.54) is 0 Å². The Hall–Kier alpha value is -1.59. The highest BCUT2D eigenvalue weighted by Gasteiger charge is 2.09. The first-order chi connectivity index (χ1) is 9.83. The van der Waals surface area contributed by atoms with Gasteiger partial charge in [0.25, 0.3) is 5.91 Å². The smallest absolute Gasteiger partial charge is 0.253 e. The molecule has 0 bridgehead atoms. The first kappa shape index (κ1) is 14.8. The average molecular weight is 290 g/mol. The molecule has 0 aliphatic carbocycles. The fraction of sp³-hybridized carbons (Fsp3) is 0.333. The van der Waals surface area contributed by atoms with Crippen molar-refractivity contribution < 1.29 is 9.90 Å². The molecule has 1 aromatic heterocycles. The first-order valence-corrected chi connectivity index (χ1v) is 7.79. The number of carbonyl (C=O) groups excluding carboxylic acids is 1. The van der Waals surface area contributed by atoms with Gasteiger partial charge in [0.05, 0.1) is 11.1 Å². The molecule has 0 spiro atoms. The molecule has 2 rings (SSSR count). The zero-order chi connectivity index (χ0) is 14.2. The van der Waals surface area contributed by atoms with Crippen LogP contribution < -0.4 is 5.32 Å². The molecule has 1 amide bonds. The van der Waals surface area contributed by atoms with Gasteiger partial charge in [0.1, 0.15) is 0 Å². The Kier molecular flexibility index (Phi) is 5.83. The molecule has 0 fully saturated rings. The monoisotopic (exact) mass is 290 g/mol. The Balaban J connectivity index is 1.91. The molecule has 2 N–H and O–H groups in total. The van der Waals surface area contributed by atoms with Crippen molar-refractivity contribution in [1.29, 1.82) is 0 Å². The Labute approximate surface area is 122 Å². The summed E-state index contributed by atoms with van der Waals surface area (Å²) in [5.74, 6) is 1.68. The molecule has 106 valence electrons. The van der Waals surface area contributed by atoms with Crippen LogP contribution in [0.2, 0.25) is 0 Å². The zero-order valence-corrected chi connectivity index (χ0v) is 12.0. The molecule has 5 heteroatoms. The third-order valence-electron chi connectivity index (χ3n) is 2.86. The molecular weight excluding hydrogens is 272 g/mol. The van der Waals surface area contributed by atoms with Gasteiger partial charge in [0.15, 0.2) is 0 Å². The topological polar surface area (TPSA) is 62.2 Å². The molecule has 0 aliphatic heterocycles. The molecule has 4 nitrogen and oxygen atoms in total. The van der Waals surface area contributed by atoms with Gasteiger partial charge in [-0.2, -0.15) is 11.8 Å². The Morgan fingerprint density at radius 2 is 2.10 bits per heavy atom. The third kappa shape index (κ3) is 3.95. The lowest BCUT2D eigenvalue weighted by atomic mass is 10.1. The number of hydrogen-bond acceptors (Lipinski definition) is 4. The van der Waals surface area contributed by atoms with Gasteiger partial charge in [-0.25, -0.2) is 0 Å². The van der Waals surface area contributed by atoms with Crippen LogP contribution in [0.4, 0.5) is 0 Å². The highest BCUT2D eigenvalue weighted by atomic mass is 32.2. The summed E-state index contributed by atoms with van der Waals surface area (Å²) in [5, 5.41) is 12.5. The fourth-order valence-electron chi connectivity index (χ4n) is 1.89. The van der Waals surface area contributed by atoms with Gasteiger partial charge >= 0.3 is 0 Å². The number of fused-ring (bicyclic) bond motifs is 1. The molecule has 0 radical (unpaired) electrons. The van der Waals surface area contributed by atoms with Gasteiger partial charge in [-0.05, 0) is 24.3 Å². The molecule has 0 atom stereocenters. The molecule has 0 saturated carbocycles. The second kappa shape index (κ2) is 7.87. The lowest BCUT2D eigenvalue weighted by Crippen LogP contribution is -2.26. The van der Waals surface area contributed by atoms with Gasteiger partial charge < -0.3 is 10.4 Å². The molecule has 1 aromatic carbocycles. The number of amides is 1. The van der Waals surface area contributed by atoms with Crippen molar-refractivity contribution in [2.24, 2.45) is 0 Å². The number of carbonyl (C=O) groups is 1. The van der Waals surface area contributed by atoms with E-state index in [2.05, 4.69) is 10.3 Å². The lowest BCUT2D eigenvalue weighted by Gasteiger charge is -2.07. The second-order valence-corrected chi connectivity index (χ2v) is 5.55. The van der Waals surface area contributed by atoms with Crippen LogP contribution in [0.5, 0.6) is 0 Å². The predicted octanol–water partition coefficient (Wildman–Crippen LogP) is 2.08. The van der Waals surface area contributed by atoms with E-state index in [1.807, 2.05) is 24.3 Å². The van der Waals surface area contributed by atoms with Crippen LogP contribution >= 0.6 is 11.8 Å². The minimum atomic E-state index is -0.0861. The zero-order valence-electron chi connectivity index (χ0n) is 11.2. The minimum Gasteiger partial charge on any atom is -0.396 e. The maximum atomic E-state index is 12.1. The highest BCUT2D eigenvalue weighted by molar-refractivity contribution is 7.99. The molecule has 20 heavy (non-hydrogen) atoms. The van der Waals surface area contributed by atoms with Crippen LogP contribution in [-0.4, -0.2) is 40.7 Å². The number of pyridine rings is 1. The summed E-state index contributed by atoms with van der Waals surface area (Å²) in [5.41, 5.74) is 1.35. The Morgan fingerprint density at radius 3 is 2.95 bits per heavy atom. The van der Waals surface area contributed by atoms with Crippen molar-refractivity contribution in [2.45, 2.75) is 6.42 Å². The largest absolute Gasteiger partial charge is 0.396 e. The number of aliphatic hydroxyl groups excluding tert-OH is 1. The van der Waals surface area contributed by atoms with Gasteiger partial charge in [-0.3, -0.25) is 9.78 Å². The number of thioether (sulfide) groups is 1. The third-order valence-corrected chi connectivity index (χ3v) is 3.93. The number of hydrogen-bond donors (Lipinski definition) is 2. The number of para-hydroxylation sites is 1. The van der Waals surface area contributed by atoms with E-state index in [4.69, 9.17) is 5.11 Å². The van der Waals surface area contributed by atoms with E-state index < -0.39 is 0 Å². The summed E-state index contributed by atoms with van der Waals surface area (Å²) in [6, 6.07) is 9.42. The summed E-state index contributed by atoms with van der Waals surface area (Å²) in [6.07, 6.45) is 2.50. The van der Waals surface area contributed by atoms with Crippen molar-refractivity contribution >= 4 is 28.6 Å². The van der Waals surface area contributed by atoms with Gasteiger partial charge in [0, 0.05) is 30.5 Å². The minimum absolute atomic E-state index is 0.0861. The van der Waals surface area contributed by atoms with E-state index in [1.54, 1.807) is 24.0 Å². The molecule has 1 heterocycles. The summed E-state index contributed by atoms with van der Waals surface area (Å²) in [6.45, 7) is 0.846. The molecule has 0 aliphatic rings. The second-order valence-electron chi connectivity index (χ2n) is 4.33. The SMILES string of the molecule is O=C(NCCSCCCO)c1cccc2cccnc12. The number of nitrogens with zero attached hydrogens (tertiary/aromatic N) is 1. The molecule has 0 saturated heterocycles. The van der Waals surface area contributed by atoms with E-state index in [0.717, 1.165) is 28.8 Å². The van der Waals surface area contributed by atoms with Crippen LogP contribution in [0.15, 0.2) is 36.5 Å². The van der Waals surface area contributed by atoms with Gasteiger partial charge in [-0.1, -0.05) is 18.2 Å². The molecular formula is C15H18N2O2S. The van der Waals surface area contributed by atoms with E-state index in [9.17, 15) is 4.79 Å². The molecule has 2 aromatic rings. The molecule has 0 unspecified atom stereocenters. The van der Waals surface area contributed by atoms with E-state index in [0.29, 0.717) is 12.1 Å². The number of aliphatic hydroxyl groups is 1. The van der Waals surface area contributed by atoms with Crippen LogP contribution in [0.3, 0.4) is 0 Å². The maximum absolute atomic E-state index is 12.1. The summed E-state index contributed by atoms with van der Waals surface area (Å²) in [7, 11) is 0. The Bertz CT molecular complexity index is 569. The van der Waals surface area contributed by atoms with E-state index >= 15 is 0 Å².